The number of hydrogen-bond acceptors (Lipinski definition) is 4. The summed E-state index contributed by atoms with van der Waals surface area (Å²) in [5.41, 5.74) is 5.09. The molecular formula is C21H23N5O. The quantitative estimate of drug-likeness (QED) is 0.775. The molecule has 2 aromatic heterocycles. The molecular weight excluding hydrogens is 338 g/mol. The molecule has 3 heterocycles. The van der Waals surface area contributed by atoms with Crippen LogP contribution in [0.5, 0.6) is 0 Å². The summed E-state index contributed by atoms with van der Waals surface area (Å²) in [4.78, 5) is 23.5. The Morgan fingerprint density at radius 2 is 1.74 bits per heavy atom. The number of hydrogen-bond donors (Lipinski definition) is 1. The van der Waals surface area contributed by atoms with Crippen LogP contribution in [-0.4, -0.2) is 51.5 Å². The smallest absolute Gasteiger partial charge is 0.242 e. The third kappa shape index (κ3) is 3.75. The highest BCUT2D eigenvalue weighted by Crippen LogP contribution is 2.31. The summed E-state index contributed by atoms with van der Waals surface area (Å²) in [5, 5.41) is 3.28. The summed E-state index contributed by atoms with van der Waals surface area (Å²) >= 11 is 0. The number of carbonyl (C=O) groups excluding carboxylic acids is 1. The third-order valence-corrected chi connectivity index (χ3v) is 4.89. The van der Waals surface area contributed by atoms with Crippen molar-refractivity contribution >= 4 is 5.91 Å². The van der Waals surface area contributed by atoms with E-state index < -0.39 is 0 Å². The van der Waals surface area contributed by atoms with Crippen molar-refractivity contribution in [3.8, 4) is 22.5 Å². The zero-order valence-electron chi connectivity index (χ0n) is 15.4. The molecule has 3 aromatic rings. The predicted molar refractivity (Wildman–Crippen MR) is 105 cm³/mol. The van der Waals surface area contributed by atoms with Gasteiger partial charge in [-0.3, -0.25) is 9.78 Å². The van der Waals surface area contributed by atoms with Gasteiger partial charge in [0.15, 0.2) is 0 Å². The number of rotatable bonds is 4. The number of carbonyl (C=O) groups is 1. The first-order chi connectivity index (χ1) is 13.2. The number of nitrogens with zero attached hydrogens (tertiary/aromatic N) is 4. The summed E-state index contributed by atoms with van der Waals surface area (Å²) in [7, 11) is 0. The lowest BCUT2D eigenvalue weighted by atomic mass is 10.0. The number of pyridine rings is 1. The van der Waals surface area contributed by atoms with Gasteiger partial charge in [0.25, 0.3) is 0 Å². The van der Waals surface area contributed by atoms with E-state index >= 15 is 0 Å². The van der Waals surface area contributed by atoms with Gasteiger partial charge in [-0.15, -0.1) is 0 Å². The molecule has 1 aromatic carbocycles. The Morgan fingerprint density at radius 3 is 2.44 bits per heavy atom. The highest BCUT2D eigenvalue weighted by Gasteiger charge is 2.20. The van der Waals surface area contributed by atoms with Crippen LogP contribution in [-0.2, 0) is 11.3 Å². The maximum Gasteiger partial charge on any atom is 0.242 e. The zero-order chi connectivity index (χ0) is 18.6. The van der Waals surface area contributed by atoms with E-state index in [1.165, 1.54) is 5.56 Å². The van der Waals surface area contributed by atoms with Crippen LogP contribution < -0.4 is 5.32 Å². The average molecular weight is 361 g/mol. The van der Waals surface area contributed by atoms with Crippen molar-refractivity contribution in [2.24, 2.45) is 0 Å². The van der Waals surface area contributed by atoms with E-state index in [9.17, 15) is 4.79 Å². The van der Waals surface area contributed by atoms with Crippen LogP contribution in [0.4, 0.5) is 0 Å². The lowest BCUT2D eigenvalue weighted by Crippen LogP contribution is -2.47. The van der Waals surface area contributed by atoms with Gasteiger partial charge in [0.05, 0.1) is 17.7 Å². The fourth-order valence-electron chi connectivity index (χ4n) is 3.40. The highest BCUT2D eigenvalue weighted by atomic mass is 16.2. The van der Waals surface area contributed by atoms with E-state index in [1.807, 2.05) is 21.6 Å². The van der Waals surface area contributed by atoms with Crippen molar-refractivity contribution < 1.29 is 4.79 Å². The Balaban J connectivity index is 1.71. The number of imidazole rings is 1. The Morgan fingerprint density at radius 1 is 1.04 bits per heavy atom. The van der Waals surface area contributed by atoms with E-state index in [2.05, 4.69) is 46.5 Å². The molecule has 1 aliphatic heterocycles. The maximum absolute atomic E-state index is 12.8. The van der Waals surface area contributed by atoms with Crippen LogP contribution in [0.1, 0.15) is 5.56 Å². The first-order valence-corrected chi connectivity index (χ1v) is 9.23. The molecule has 1 saturated heterocycles. The minimum Gasteiger partial charge on any atom is -0.339 e. The molecule has 6 nitrogen and oxygen atoms in total. The second kappa shape index (κ2) is 7.72. The third-order valence-electron chi connectivity index (χ3n) is 4.89. The Hall–Kier alpha value is -2.99. The molecule has 27 heavy (non-hydrogen) atoms. The normalized spacial score (nSPS) is 14.3. The second-order valence-electron chi connectivity index (χ2n) is 6.80. The molecule has 0 radical (unpaired) electrons. The Labute approximate surface area is 158 Å². The van der Waals surface area contributed by atoms with Gasteiger partial charge in [-0.1, -0.05) is 29.8 Å². The van der Waals surface area contributed by atoms with Gasteiger partial charge >= 0.3 is 0 Å². The summed E-state index contributed by atoms with van der Waals surface area (Å²) in [6, 6.07) is 12.2. The molecule has 0 unspecified atom stereocenters. The number of aromatic nitrogens is 3. The topological polar surface area (TPSA) is 63.1 Å². The molecule has 1 N–H and O–H groups in total. The van der Waals surface area contributed by atoms with Crippen molar-refractivity contribution in [2.75, 3.05) is 26.2 Å². The largest absolute Gasteiger partial charge is 0.339 e. The van der Waals surface area contributed by atoms with Crippen molar-refractivity contribution in [2.45, 2.75) is 13.5 Å². The molecule has 0 atom stereocenters. The van der Waals surface area contributed by atoms with E-state index in [0.29, 0.717) is 0 Å². The van der Waals surface area contributed by atoms with Crippen LogP contribution in [0.2, 0.25) is 0 Å². The van der Waals surface area contributed by atoms with Crippen molar-refractivity contribution in [3.63, 3.8) is 0 Å². The fraction of sp³-hybridized carbons (Fsp3) is 0.286. The van der Waals surface area contributed by atoms with Gasteiger partial charge in [0.2, 0.25) is 5.91 Å². The number of piperazine rings is 1. The van der Waals surface area contributed by atoms with Crippen molar-refractivity contribution in [1.82, 2.24) is 24.8 Å². The van der Waals surface area contributed by atoms with Crippen LogP contribution in [0.25, 0.3) is 22.5 Å². The van der Waals surface area contributed by atoms with Crippen LogP contribution >= 0.6 is 0 Å². The number of benzene rings is 1. The fourth-order valence-corrected chi connectivity index (χ4v) is 3.40. The number of nitrogens with one attached hydrogen (secondary N) is 1. The van der Waals surface area contributed by atoms with Gasteiger partial charge in [-0.05, 0) is 19.1 Å². The minimum atomic E-state index is 0.125. The summed E-state index contributed by atoms with van der Waals surface area (Å²) in [5.74, 6) is 0.125. The minimum absolute atomic E-state index is 0.125. The molecule has 1 fully saturated rings. The lowest BCUT2D eigenvalue weighted by molar-refractivity contribution is -0.132. The van der Waals surface area contributed by atoms with Gasteiger partial charge in [0, 0.05) is 49.7 Å². The first-order valence-electron chi connectivity index (χ1n) is 9.23. The summed E-state index contributed by atoms with van der Waals surface area (Å²) < 4.78 is 1.95. The molecule has 0 spiro atoms. The van der Waals surface area contributed by atoms with Gasteiger partial charge < -0.3 is 14.8 Å². The van der Waals surface area contributed by atoms with Crippen LogP contribution in [0.15, 0.2) is 55.1 Å². The van der Waals surface area contributed by atoms with Gasteiger partial charge in [-0.25, -0.2) is 4.98 Å². The van der Waals surface area contributed by atoms with Crippen molar-refractivity contribution in [1.29, 1.82) is 0 Å². The zero-order valence-corrected chi connectivity index (χ0v) is 15.4. The van der Waals surface area contributed by atoms with E-state index in [0.717, 1.165) is 48.7 Å². The molecule has 0 bridgehead atoms. The second-order valence-corrected chi connectivity index (χ2v) is 6.80. The number of amides is 1. The summed E-state index contributed by atoms with van der Waals surface area (Å²) in [6.45, 7) is 5.56. The monoisotopic (exact) mass is 361 g/mol. The van der Waals surface area contributed by atoms with Crippen LogP contribution in [0, 0.1) is 6.92 Å². The van der Waals surface area contributed by atoms with Crippen LogP contribution in [0.3, 0.4) is 0 Å². The molecule has 4 rings (SSSR count). The Bertz CT molecular complexity index is 912. The van der Waals surface area contributed by atoms with Crippen molar-refractivity contribution in [3.05, 3.63) is 60.7 Å². The lowest BCUT2D eigenvalue weighted by Gasteiger charge is -2.27. The Kier molecular flexibility index (Phi) is 4.98. The first kappa shape index (κ1) is 17.4. The molecule has 1 aliphatic rings. The summed E-state index contributed by atoms with van der Waals surface area (Å²) in [6.07, 6.45) is 5.30. The highest BCUT2D eigenvalue weighted by molar-refractivity contribution is 5.81. The maximum atomic E-state index is 12.8. The standard InChI is InChI=1S/C21H23N5O/c1-16-2-4-17(5-3-16)20-21(18-6-8-22-9-7-18)26(15-24-20)14-19(27)25-12-10-23-11-13-25/h2-9,15,23H,10-14H2,1H3. The molecule has 0 aliphatic carbocycles. The molecule has 1 amide bonds. The van der Waals surface area contributed by atoms with E-state index in [1.54, 1.807) is 18.7 Å². The average Bonchev–Trinajstić information content (AvgIpc) is 3.13. The van der Waals surface area contributed by atoms with Gasteiger partial charge in [-0.2, -0.15) is 0 Å². The van der Waals surface area contributed by atoms with Gasteiger partial charge in [0.1, 0.15) is 6.54 Å². The predicted octanol–water partition coefficient (Wildman–Crippen LogP) is 2.35. The van der Waals surface area contributed by atoms with E-state index in [4.69, 9.17) is 0 Å². The number of aryl methyl sites for hydroxylation is 1. The SMILES string of the molecule is Cc1ccc(-c2ncn(CC(=O)N3CCNCC3)c2-c2ccncc2)cc1. The van der Waals surface area contributed by atoms with E-state index in [-0.39, 0.29) is 12.5 Å². The molecule has 138 valence electrons. The molecule has 0 saturated carbocycles. The molecule has 6 heteroatoms.